The highest BCUT2D eigenvalue weighted by atomic mass is 19.4. The lowest BCUT2D eigenvalue weighted by atomic mass is 9.73. The molecule has 0 aromatic heterocycles. The Hall–Kier alpha value is -2.18. The largest absolute Gasteiger partial charge is 0.497 e. The first-order valence-corrected chi connectivity index (χ1v) is 6.84. The molecule has 0 aliphatic carbocycles. The maximum Gasteiger partial charge on any atom is 0.449 e. The zero-order valence-corrected chi connectivity index (χ0v) is 13.2. The zero-order valence-electron chi connectivity index (χ0n) is 13.2. The maximum absolute atomic E-state index is 13.1. The molecule has 1 aromatic rings. The molecule has 1 aromatic carbocycles. The summed E-state index contributed by atoms with van der Waals surface area (Å²) in [6.45, 7) is 3.06. The van der Waals surface area contributed by atoms with Crippen LogP contribution in [-0.4, -0.2) is 26.4 Å². The molecule has 1 aliphatic heterocycles. The van der Waals surface area contributed by atoms with Crippen LogP contribution >= 0.6 is 0 Å². The van der Waals surface area contributed by atoms with Gasteiger partial charge in [0.2, 0.25) is 5.76 Å². The van der Waals surface area contributed by atoms with E-state index in [0.29, 0.717) is 11.3 Å². The highest BCUT2D eigenvalue weighted by Gasteiger charge is 2.46. The van der Waals surface area contributed by atoms with E-state index in [2.05, 4.69) is 0 Å². The number of fused-ring (bicyclic) bond motifs is 1. The summed E-state index contributed by atoms with van der Waals surface area (Å²) in [6.07, 6.45) is -3.74. The molecule has 0 N–H and O–H groups in total. The fourth-order valence-corrected chi connectivity index (χ4v) is 2.52. The van der Waals surface area contributed by atoms with Gasteiger partial charge in [0.1, 0.15) is 11.5 Å². The maximum atomic E-state index is 13.1. The number of carbonyl (C=O) groups excluding carboxylic acids is 1. The minimum absolute atomic E-state index is 0.0441. The van der Waals surface area contributed by atoms with E-state index in [1.165, 1.54) is 40.2 Å². The van der Waals surface area contributed by atoms with Crippen LogP contribution in [0, 0.1) is 5.41 Å². The van der Waals surface area contributed by atoms with Crippen molar-refractivity contribution in [3.63, 3.8) is 0 Å². The summed E-state index contributed by atoms with van der Waals surface area (Å²) in [5, 5.41) is 0. The van der Waals surface area contributed by atoms with Gasteiger partial charge in [-0.2, -0.15) is 13.2 Å². The van der Waals surface area contributed by atoms with E-state index in [1.54, 1.807) is 6.07 Å². The smallest absolute Gasteiger partial charge is 0.449 e. The highest BCUT2D eigenvalue weighted by Crippen LogP contribution is 2.48. The van der Waals surface area contributed by atoms with E-state index in [9.17, 15) is 18.0 Å². The Balaban J connectivity index is 2.61. The van der Waals surface area contributed by atoms with E-state index in [0.717, 1.165) is 6.08 Å². The van der Waals surface area contributed by atoms with Gasteiger partial charge in [-0.05, 0) is 38.1 Å². The van der Waals surface area contributed by atoms with Crippen LogP contribution in [0.5, 0.6) is 11.5 Å². The molecule has 0 saturated carbocycles. The molecule has 1 unspecified atom stereocenters. The van der Waals surface area contributed by atoms with Crippen LogP contribution in [0.4, 0.5) is 13.2 Å². The van der Waals surface area contributed by atoms with Crippen LogP contribution in [0.15, 0.2) is 30.0 Å². The first-order chi connectivity index (χ1) is 10.6. The topological polar surface area (TPSA) is 44.8 Å². The van der Waals surface area contributed by atoms with Gasteiger partial charge in [-0.15, -0.1) is 0 Å². The molecule has 0 saturated heterocycles. The lowest BCUT2D eigenvalue weighted by Crippen LogP contribution is -2.35. The molecule has 2 rings (SSSR count). The number of ether oxygens (including phenoxy) is 3. The van der Waals surface area contributed by atoms with Gasteiger partial charge in [-0.3, -0.25) is 4.79 Å². The van der Waals surface area contributed by atoms with Gasteiger partial charge in [0, 0.05) is 11.5 Å². The second-order valence-electron chi connectivity index (χ2n) is 5.73. The molecule has 0 bridgehead atoms. The van der Waals surface area contributed by atoms with Crippen molar-refractivity contribution in [2.75, 3.05) is 14.2 Å². The molecular weight excluding hydrogens is 313 g/mol. The molecule has 126 valence electrons. The Kier molecular flexibility index (Phi) is 4.32. The standard InChI is InChI=1S/C16H17F3O4/c1-15(2,14(20)22-4)11-8-13(16(17,18)19)23-12-6-5-9(21-3)7-10(11)12/h5-8,11H,1-4H3. The van der Waals surface area contributed by atoms with Crippen LogP contribution in [0.25, 0.3) is 0 Å². The number of methoxy groups -OCH3 is 2. The third-order valence-electron chi connectivity index (χ3n) is 3.86. The van der Waals surface area contributed by atoms with E-state index in [1.807, 2.05) is 0 Å². The summed E-state index contributed by atoms with van der Waals surface area (Å²) >= 11 is 0. The number of alkyl halides is 3. The highest BCUT2D eigenvalue weighted by molar-refractivity contribution is 5.78. The number of benzene rings is 1. The molecule has 0 radical (unpaired) electrons. The van der Waals surface area contributed by atoms with Crippen molar-refractivity contribution >= 4 is 5.97 Å². The Morgan fingerprint density at radius 3 is 2.39 bits per heavy atom. The molecule has 0 amide bonds. The summed E-state index contributed by atoms with van der Waals surface area (Å²) in [5.41, 5.74) is -0.774. The lowest BCUT2D eigenvalue weighted by molar-refractivity contribution is -0.152. The molecule has 1 aliphatic rings. The summed E-state index contributed by atoms with van der Waals surface area (Å²) < 4.78 is 54.1. The van der Waals surface area contributed by atoms with E-state index >= 15 is 0 Å². The summed E-state index contributed by atoms with van der Waals surface area (Å²) in [4.78, 5) is 12.0. The van der Waals surface area contributed by atoms with Gasteiger partial charge in [-0.1, -0.05) is 0 Å². The Labute approximate surface area is 131 Å². The third-order valence-corrected chi connectivity index (χ3v) is 3.86. The molecule has 0 spiro atoms. The van der Waals surface area contributed by atoms with Crippen molar-refractivity contribution in [2.24, 2.45) is 5.41 Å². The van der Waals surface area contributed by atoms with Crippen molar-refractivity contribution in [3.05, 3.63) is 35.6 Å². The quantitative estimate of drug-likeness (QED) is 0.791. The number of halogens is 3. The van der Waals surface area contributed by atoms with Gasteiger partial charge in [0.05, 0.1) is 19.6 Å². The second-order valence-corrected chi connectivity index (χ2v) is 5.73. The van der Waals surface area contributed by atoms with Crippen LogP contribution in [0.1, 0.15) is 25.3 Å². The van der Waals surface area contributed by atoms with Crippen molar-refractivity contribution < 1.29 is 32.2 Å². The average molecular weight is 330 g/mol. The van der Waals surface area contributed by atoms with Crippen LogP contribution in [0.3, 0.4) is 0 Å². The normalized spacial score (nSPS) is 17.7. The monoisotopic (exact) mass is 330 g/mol. The Morgan fingerprint density at radius 2 is 1.87 bits per heavy atom. The zero-order chi connectivity index (χ0) is 17.4. The number of esters is 1. The Morgan fingerprint density at radius 1 is 1.22 bits per heavy atom. The average Bonchev–Trinajstić information content (AvgIpc) is 2.51. The molecule has 0 fully saturated rings. The van der Waals surface area contributed by atoms with Gasteiger partial charge in [-0.25, -0.2) is 0 Å². The molecule has 4 nitrogen and oxygen atoms in total. The van der Waals surface area contributed by atoms with Crippen LogP contribution in [0.2, 0.25) is 0 Å². The minimum Gasteiger partial charge on any atom is -0.497 e. The third kappa shape index (κ3) is 3.13. The first kappa shape index (κ1) is 17.2. The number of hydrogen-bond donors (Lipinski definition) is 0. The SMILES string of the molecule is COC(=O)C(C)(C)C1C=C(C(F)(F)F)Oc2ccc(OC)cc21. The van der Waals surface area contributed by atoms with Gasteiger partial charge >= 0.3 is 12.1 Å². The lowest BCUT2D eigenvalue weighted by Gasteiger charge is -2.34. The summed E-state index contributed by atoms with van der Waals surface area (Å²) in [5.74, 6) is -2.12. The van der Waals surface area contributed by atoms with Crippen molar-refractivity contribution in [3.8, 4) is 11.5 Å². The predicted octanol–water partition coefficient (Wildman–Crippen LogP) is 3.82. The van der Waals surface area contributed by atoms with E-state index in [-0.39, 0.29) is 5.75 Å². The van der Waals surface area contributed by atoms with Gasteiger partial charge < -0.3 is 14.2 Å². The van der Waals surface area contributed by atoms with E-state index < -0.39 is 29.2 Å². The van der Waals surface area contributed by atoms with E-state index in [4.69, 9.17) is 14.2 Å². The first-order valence-electron chi connectivity index (χ1n) is 6.84. The van der Waals surface area contributed by atoms with Crippen LogP contribution in [-0.2, 0) is 9.53 Å². The number of hydrogen-bond acceptors (Lipinski definition) is 4. The molecule has 1 atom stereocenters. The van der Waals surface area contributed by atoms with Gasteiger partial charge in [0.15, 0.2) is 0 Å². The molecule has 23 heavy (non-hydrogen) atoms. The molecular formula is C16H17F3O4. The van der Waals surface area contributed by atoms with Crippen molar-refractivity contribution in [2.45, 2.75) is 25.9 Å². The predicted molar refractivity (Wildman–Crippen MR) is 76.3 cm³/mol. The summed E-state index contributed by atoms with van der Waals surface area (Å²) in [7, 11) is 2.65. The Bertz CT molecular complexity index is 647. The number of rotatable bonds is 3. The van der Waals surface area contributed by atoms with Crippen LogP contribution < -0.4 is 9.47 Å². The minimum atomic E-state index is -4.65. The fraction of sp³-hybridized carbons (Fsp3) is 0.438. The number of carbonyl (C=O) groups is 1. The number of allylic oxidation sites excluding steroid dienone is 2. The molecule has 1 heterocycles. The van der Waals surface area contributed by atoms with Crippen molar-refractivity contribution in [1.29, 1.82) is 0 Å². The molecule has 7 heteroatoms. The van der Waals surface area contributed by atoms with Gasteiger partial charge in [0.25, 0.3) is 0 Å². The van der Waals surface area contributed by atoms with Crippen molar-refractivity contribution in [1.82, 2.24) is 0 Å². The summed E-state index contributed by atoms with van der Waals surface area (Å²) in [6, 6.07) is 4.46. The fourth-order valence-electron chi connectivity index (χ4n) is 2.52. The second kappa shape index (κ2) is 5.79.